The van der Waals surface area contributed by atoms with Gasteiger partial charge >= 0.3 is 0 Å². The fraction of sp³-hybridized carbons (Fsp3) is 0.938. The standard InChI is InChI=1S/C16H27ClF2N2O4/c17-11-5-10(12(23)6-9(11)15(18)19)14(20)8-1-3-21(4-2-8)16(25)13(24)7-22/h8-15,22-24H,1-7,20H2/t9?,10?,11?,12?,13-,14-/m1/s1. The van der Waals surface area contributed by atoms with Crippen LogP contribution in [-0.2, 0) is 4.79 Å². The molecule has 6 atom stereocenters. The average molecular weight is 385 g/mol. The van der Waals surface area contributed by atoms with Crippen molar-refractivity contribution in [2.75, 3.05) is 19.7 Å². The summed E-state index contributed by atoms with van der Waals surface area (Å²) in [4.78, 5) is 13.3. The van der Waals surface area contributed by atoms with Crippen LogP contribution in [-0.4, -0.2) is 75.9 Å². The molecule has 0 radical (unpaired) electrons. The van der Waals surface area contributed by atoms with Crippen LogP contribution in [0.2, 0.25) is 0 Å². The molecule has 1 saturated heterocycles. The third-order valence-electron chi connectivity index (χ3n) is 5.64. The van der Waals surface area contributed by atoms with Crippen LogP contribution < -0.4 is 5.73 Å². The van der Waals surface area contributed by atoms with Gasteiger partial charge in [-0.1, -0.05) is 0 Å². The summed E-state index contributed by atoms with van der Waals surface area (Å²) in [5, 5.41) is 27.8. The first-order valence-corrected chi connectivity index (χ1v) is 9.13. The van der Waals surface area contributed by atoms with E-state index in [2.05, 4.69) is 0 Å². The van der Waals surface area contributed by atoms with Crippen molar-refractivity contribution in [2.45, 2.75) is 55.7 Å². The van der Waals surface area contributed by atoms with Gasteiger partial charge in [0.05, 0.1) is 12.7 Å². The molecule has 2 aliphatic rings. The molecule has 2 rings (SSSR count). The maximum absolute atomic E-state index is 12.9. The summed E-state index contributed by atoms with van der Waals surface area (Å²) in [6, 6.07) is -0.380. The van der Waals surface area contributed by atoms with Crippen LogP contribution in [0, 0.1) is 17.8 Å². The largest absolute Gasteiger partial charge is 0.393 e. The highest BCUT2D eigenvalue weighted by molar-refractivity contribution is 6.20. The van der Waals surface area contributed by atoms with Crippen molar-refractivity contribution < 1.29 is 28.9 Å². The number of amides is 1. The molecule has 1 aliphatic carbocycles. The Morgan fingerprint density at radius 1 is 1.24 bits per heavy atom. The van der Waals surface area contributed by atoms with Gasteiger partial charge in [-0.3, -0.25) is 4.79 Å². The van der Waals surface area contributed by atoms with Crippen molar-refractivity contribution in [1.29, 1.82) is 0 Å². The molecule has 25 heavy (non-hydrogen) atoms. The second-order valence-corrected chi connectivity index (χ2v) is 7.72. The minimum Gasteiger partial charge on any atom is -0.393 e. The van der Waals surface area contributed by atoms with E-state index in [1.807, 2.05) is 0 Å². The van der Waals surface area contributed by atoms with Crippen LogP contribution in [0.4, 0.5) is 8.78 Å². The highest BCUT2D eigenvalue weighted by Crippen LogP contribution is 2.40. The Labute approximate surface area is 150 Å². The third kappa shape index (κ3) is 4.80. The molecule has 4 unspecified atom stereocenters. The minimum atomic E-state index is -2.55. The summed E-state index contributed by atoms with van der Waals surface area (Å²) in [6.45, 7) is 0.192. The van der Waals surface area contributed by atoms with Crippen molar-refractivity contribution in [3.05, 3.63) is 0 Å². The zero-order valence-electron chi connectivity index (χ0n) is 14.0. The van der Waals surface area contributed by atoms with Crippen molar-refractivity contribution >= 4 is 17.5 Å². The molecule has 1 saturated carbocycles. The Morgan fingerprint density at radius 2 is 1.84 bits per heavy atom. The number of rotatable bonds is 5. The Bertz CT molecular complexity index is 452. The van der Waals surface area contributed by atoms with E-state index < -0.39 is 42.4 Å². The smallest absolute Gasteiger partial charge is 0.253 e. The van der Waals surface area contributed by atoms with Crippen molar-refractivity contribution in [1.82, 2.24) is 4.90 Å². The fourth-order valence-electron chi connectivity index (χ4n) is 4.01. The van der Waals surface area contributed by atoms with Gasteiger partial charge in [0.25, 0.3) is 5.91 Å². The molecular weight excluding hydrogens is 358 g/mol. The number of aliphatic hydroxyl groups is 3. The average Bonchev–Trinajstić information content (AvgIpc) is 2.61. The predicted molar refractivity (Wildman–Crippen MR) is 88.2 cm³/mol. The first-order valence-electron chi connectivity index (χ1n) is 8.69. The molecule has 0 aromatic rings. The molecule has 1 heterocycles. The number of carbonyl (C=O) groups is 1. The monoisotopic (exact) mass is 384 g/mol. The van der Waals surface area contributed by atoms with E-state index in [0.29, 0.717) is 25.9 Å². The van der Waals surface area contributed by atoms with Crippen molar-refractivity contribution in [3.8, 4) is 0 Å². The van der Waals surface area contributed by atoms with Crippen LogP contribution in [0.5, 0.6) is 0 Å². The minimum absolute atomic E-state index is 0.0435. The van der Waals surface area contributed by atoms with E-state index >= 15 is 0 Å². The quantitative estimate of drug-likeness (QED) is 0.505. The first-order chi connectivity index (χ1) is 11.8. The number of aliphatic hydroxyl groups excluding tert-OH is 3. The van der Waals surface area contributed by atoms with E-state index in [0.717, 1.165) is 0 Å². The van der Waals surface area contributed by atoms with E-state index in [-0.39, 0.29) is 30.7 Å². The van der Waals surface area contributed by atoms with Gasteiger partial charge in [-0.05, 0) is 31.6 Å². The maximum atomic E-state index is 12.9. The second-order valence-electron chi connectivity index (χ2n) is 7.16. The van der Waals surface area contributed by atoms with Gasteiger partial charge in [0, 0.05) is 36.3 Å². The molecule has 5 N–H and O–H groups in total. The number of piperidine rings is 1. The van der Waals surface area contributed by atoms with E-state index in [1.54, 1.807) is 0 Å². The Hall–Kier alpha value is -0.540. The summed E-state index contributed by atoms with van der Waals surface area (Å²) >= 11 is 6.09. The van der Waals surface area contributed by atoms with Gasteiger partial charge in [0.2, 0.25) is 6.43 Å². The summed E-state index contributed by atoms with van der Waals surface area (Å²) in [6.07, 6.45) is -3.47. The highest BCUT2D eigenvalue weighted by atomic mass is 35.5. The third-order valence-corrected chi connectivity index (χ3v) is 6.14. The molecule has 0 aromatic heterocycles. The van der Waals surface area contributed by atoms with E-state index in [4.69, 9.17) is 22.4 Å². The topological polar surface area (TPSA) is 107 Å². The molecule has 0 aromatic carbocycles. The maximum Gasteiger partial charge on any atom is 0.253 e. The lowest BCUT2D eigenvalue weighted by Gasteiger charge is -2.43. The van der Waals surface area contributed by atoms with E-state index in [9.17, 15) is 23.8 Å². The normalized spacial score (nSPS) is 34.2. The van der Waals surface area contributed by atoms with Crippen molar-refractivity contribution in [3.63, 3.8) is 0 Å². The van der Waals surface area contributed by atoms with Gasteiger partial charge in [0.15, 0.2) is 6.10 Å². The van der Waals surface area contributed by atoms with Crippen LogP contribution >= 0.6 is 11.6 Å². The van der Waals surface area contributed by atoms with Gasteiger partial charge in [-0.2, -0.15) is 0 Å². The molecule has 146 valence electrons. The molecule has 1 amide bonds. The SMILES string of the molecule is N[C@H](C1CCN(C(=O)[C@H](O)CO)CC1)C1CC(Cl)C(C(F)F)CC1O. The van der Waals surface area contributed by atoms with Crippen LogP contribution in [0.3, 0.4) is 0 Å². The van der Waals surface area contributed by atoms with Gasteiger partial charge in [-0.15, -0.1) is 11.6 Å². The Morgan fingerprint density at radius 3 is 2.36 bits per heavy atom. The summed E-state index contributed by atoms with van der Waals surface area (Å²) in [5.41, 5.74) is 6.31. The Balaban J connectivity index is 1.90. The molecule has 1 aliphatic heterocycles. The number of likely N-dealkylation sites (tertiary alicyclic amines) is 1. The number of nitrogens with two attached hydrogens (primary N) is 1. The number of hydrogen-bond donors (Lipinski definition) is 4. The van der Waals surface area contributed by atoms with E-state index in [1.165, 1.54) is 4.90 Å². The number of nitrogens with zero attached hydrogens (tertiary/aromatic N) is 1. The molecule has 0 spiro atoms. The van der Waals surface area contributed by atoms with Crippen molar-refractivity contribution in [2.24, 2.45) is 23.5 Å². The number of hydrogen-bond acceptors (Lipinski definition) is 5. The highest BCUT2D eigenvalue weighted by Gasteiger charge is 2.44. The lowest BCUT2D eigenvalue weighted by Crippen LogP contribution is -2.53. The predicted octanol–water partition coefficient (Wildman–Crippen LogP) is 0.165. The van der Waals surface area contributed by atoms with Crippen LogP contribution in [0.25, 0.3) is 0 Å². The van der Waals surface area contributed by atoms with Crippen LogP contribution in [0.15, 0.2) is 0 Å². The molecule has 6 nitrogen and oxygen atoms in total. The Kier molecular flexibility index (Phi) is 7.40. The summed E-state index contributed by atoms with van der Waals surface area (Å²) < 4.78 is 25.9. The number of carbonyl (C=O) groups excluding carboxylic acids is 1. The van der Waals surface area contributed by atoms with Gasteiger partial charge in [-0.25, -0.2) is 8.78 Å². The first kappa shape index (κ1) is 20.8. The second kappa shape index (κ2) is 8.90. The number of halogens is 3. The summed E-state index contributed by atoms with van der Waals surface area (Å²) in [7, 11) is 0. The molecule has 2 fully saturated rings. The van der Waals surface area contributed by atoms with Crippen LogP contribution in [0.1, 0.15) is 25.7 Å². The zero-order valence-corrected chi connectivity index (χ0v) is 14.7. The fourth-order valence-corrected chi connectivity index (χ4v) is 4.43. The molecular formula is C16H27ClF2N2O4. The number of alkyl halides is 3. The molecule has 0 bridgehead atoms. The molecule has 9 heteroatoms. The van der Waals surface area contributed by atoms with Gasteiger partial charge < -0.3 is 26.0 Å². The summed E-state index contributed by atoms with van der Waals surface area (Å²) in [5.74, 6) is -1.82. The van der Waals surface area contributed by atoms with Gasteiger partial charge in [0.1, 0.15) is 0 Å². The lowest BCUT2D eigenvalue weighted by molar-refractivity contribution is -0.143. The lowest BCUT2D eigenvalue weighted by atomic mass is 9.71. The zero-order chi connectivity index (χ0) is 18.7.